The van der Waals surface area contributed by atoms with Crippen molar-refractivity contribution in [1.29, 1.82) is 0 Å². The minimum absolute atomic E-state index is 0.0241. The molecule has 0 fully saturated rings. The first-order valence-corrected chi connectivity index (χ1v) is 7.51. The van der Waals surface area contributed by atoms with E-state index in [-0.39, 0.29) is 5.91 Å². The topological polar surface area (TPSA) is 55.6 Å². The third-order valence-electron chi connectivity index (χ3n) is 2.83. The highest BCUT2D eigenvalue weighted by Crippen LogP contribution is 2.22. The van der Waals surface area contributed by atoms with E-state index in [2.05, 4.69) is 15.9 Å². The van der Waals surface area contributed by atoms with Crippen molar-refractivity contribution in [2.45, 2.75) is 19.8 Å². The molecule has 1 aromatic carbocycles. The highest BCUT2D eigenvalue weighted by molar-refractivity contribution is 9.10. The van der Waals surface area contributed by atoms with Crippen molar-refractivity contribution in [1.82, 2.24) is 4.90 Å². The number of hydrogen-bond donors (Lipinski definition) is 1. The van der Waals surface area contributed by atoms with E-state index in [4.69, 9.17) is 22.7 Å². The van der Waals surface area contributed by atoms with Gasteiger partial charge < -0.3 is 15.4 Å². The molecule has 0 saturated carbocycles. The molecule has 20 heavy (non-hydrogen) atoms. The van der Waals surface area contributed by atoms with Crippen LogP contribution in [0.2, 0.25) is 0 Å². The van der Waals surface area contributed by atoms with Gasteiger partial charge in [-0.25, -0.2) is 0 Å². The van der Waals surface area contributed by atoms with Crippen LogP contribution >= 0.6 is 28.1 Å². The molecule has 0 radical (unpaired) electrons. The molecular weight excluding hydrogens is 340 g/mol. The van der Waals surface area contributed by atoms with Gasteiger partial charge in [-0.3, -0.25) is 4.79 Å². The SMILES string of the molecule is Cc1cc(Br)ccc1OCCC(=O)N(C)CCC(N)=S. The first kappa shape index (κ1) is 16.9. The molecular formula is C14H19BrN2O2S. The number of nitrogens with zero attached hydrogens (tertiary/aromatic N) is 1. The second kappa shape index (κ2) is 8.21. The summed E-state index contributed by atoms with van der Waals surface area (Å²) < 4.78 is 6.63. The van der Waals surface area contributed by atoms with Crippen LogP contribution < -0.4 is 10.5 Å². The van der Waals surface area contributed by atoms with E-state index < -0.39 is 0 Å². The molecule has 0 spiro atoms. The molecule has 0 atom stereocenters. The Balaban J connectivity index is 2.36. The Kier molecular flexibility index (Phi) is 6.95. The summed E-state index contributed by atoms with van der Waals surface area (Å²) in [5, 5.41) is 0. The predicted octanol–water partition coefficient (Wildman–Crippen LogP) is 2.66. The number of rotatable bonds is 7. The zero-order valence-electron chi connectivity index (χ0n) is 11.7. The molecule has 110 valence electrons. The van der Waals surface area contributed by atoms with E-state index in [1.165, 1.54) is 0 Å². The van der Waals surface area contributed by atoms with Gasteiger partial charge in [-0.15, -0.1) is 0 Å². The molecule has 0 saturated heterocycles. The number of benzene rings is 1. The van der Waals surface area contributed by atoms with Crippen molar-refractivity contribution < 1.29 is 9.53 Å². The molecule has 1 aromatic rings. The molecule has 1 rings (SSSR count). The van der Waals surface area contributed by atoms with E-state index in [0.717, 1.165) is 15.8 Å². The van der Waals surface area contributed by atoms with E-state index in [0.29, 0.717) is 31.0 Å². The average Bonchev–Trinajstić information content (AvgIpc) is 2.38. The highest BCUT2D eigenvalue weighted by atomic mass is 79.9. The zero-order valence-corrected chi connectivity index (χ0v) is 14.1. The number of halogens is 1. The number of ether oxygens (including phenoxy) is 1. The van der Waals surface area contributed by atoms with Crippen molar-refractivity contribution in [2.24, 2.45) is 5.73 Å². The molecule has 0 aliphatic heterocycles. The maximum atomic E-state index is 11.8. The predicted molar refractivity (Wildman–Crippen MR) is 88.0 cm³/mol. The normalized spacial score (nSPS) is 10.2. The van der Waals surface area contributed by atoms with E-state index in [1.54, 1.807) is 11.9 Å². The van der Waals surface area contributed by atoms with Crippen LogP contribution in [-0.2, 0) is 4.79 Å². The van der Waals surface area contributed by atoms with Gasteiger partial charge >= 0.3 is 0 Å². The van der Waals surface area contributed by atoms with Gasteiger partial charge in [0.25, 0.3) is 0 Å². The number of carbonyl (C=O) groups is 1. The molecule has 1 amide bonds. The van der Waals surface area contributed by atoms with Gasteiger partial charge in [0.15, 0.2) is 0 Å². The quantitative estimate of drug-likeness (QED) is 0.761. The van der Waals surface area contributed by atoms with Crippen LogP contribution in [0, 0.1) is 6.92 Å². The molecule has 0 bridgehead atoms. The Labute approximate surface area is 133 Å². The van der Waals surface area contributed by atoms with Gasteiger partial charge in [0.05, 0.1) is 18.0 Å². The van der Waals surface area contributed by atoms with Gasteiger partial charge in [-0.1, -0.05) is 28.1 Å². The molecule has 0 aliphatic rings. The molecule has 2 N–H and O–H groups in total. The maximum absolute atomic E-state index is 11.8. The van der Waals surface area contributed by atoms with Gasteiger partial charge in [-0.2, -0.15) is 0 Å². The molecule has 0 aliphatic carbocycles. The fourth-order valence-corrected chi connectivity index (χ4v) is 2.18. The number of nitrogens with two attached hydrogens (primary N) is 1. The Morgan fingerprint density at radius 2 is 2.15 bits per heavy atom. The lowest BCUT2D eigenvalue weighted by molar-refractivity contribution is -0.130. The first-order chi connectivity index (χ1) is 9.40. The molecule has 6 heteroatoms. The van der Waals surface area contributed by atoms with Crippen molar-refractivity contribution in [3.8, 4) is 5.75 Å². The van der Waals surface area contributed by atoms with E-state index in [1.807, 2.05) is 25.1 Å². The fraction of sp³-hybridized carbons (Fsp3) is 0.429. The Morgan fingerprint density at radius 3 is 2.75 bits per heavy atom. The summed E-state index contributed by atoms with van der Waals surface area (Å²) in [6.45, 7) is 2.88. The van der Waals surface area contributed by atoms with Crippen LogP contribution in [0.5, 0.6) is 5.75 Å². The van der Waals surface area contributed by atoms with Gasteiger partial charge in [0.1, 0.15) is 5.75 Å². The average molecular weight is 359 g/mol. The van der Waals surface area contributed by atoms with Crippen LogP contribution in [0.3, 0.4) is 0 Å². The van der Waals surface area contributed by atoms with Crippen LogP contribution in [0.25, 0.3) is 0 Å². The van der Waals surface area contributed by atoms with Crippen molar-refractivity contribution >= 4 is 39.0 Å². The van der Waals surface area contributed by atoms with Crippen LogP contribution in [0.1, 0.15) is 18.4 Å². The van der Waals surface area contributed by atoms with Crippen molar-refractivity contribution in [3.63, 3.8) is 0 Å². The minimum atomic E-state index is 0.0241. The summed E-state index contributed by atoms with van der Waals surface area (Å²) in [5.74, 6) is 0.822. The Hall–Kier alpha value is -1.14. The number of aryl methyl sites for hydroxylation is 1. The third kappa shape index (κ3) is 5.88. The van der Waals surface area contributed by atoms with Gasteiger partial charge in [-0.05, 0) is 30.7 Å². The van der Waals surface area contributed by atoms with Crippen LogP contribution in [-0.4, -0.2) is 36.0 Å². The number of amides is 1. The van der Waals surface area contributed by atoms with Crippen LogP contribution in [0.15, 0.2) is 22.7 Å². The number of thiocarbonyl (C=S) groups is 1. The number of carbonyl (C=O) groups excluding carboxylic acids is 1. The monoisotopic (exact) mass is 358 g/mol. The lowest BCUT2D eigenvalue weighted by Gasteiger charge is -2.17. The second-order valence-electron chi connectivity index (χ2n) is 4.54. The largest absolute Gasteiger partial charge is 0.493 e. The molecule has 0 unspecified atom stereocenters. The third-order valence-corrected chi connectivity index (χ3v) is 3.53. The van der Waals surface area contributed by atoms with Gasteiger partial charge in [0.2, 0.25) is 5.91 Å². The number of hydrogen-bond acceptors (Lipinski definition) is 3. The highest BCUT2D eigenvalue weighted by Gasteiger charge is 2.09. The second-order valence-corrected chi connectivity index (χ2v) is 5.98. The summed E-state index contributed by atoms with van der Waals surface area (Å²) >= 11 is 8.19. The van der Waals surface area contributed by atoms with Crippen molar-refractivity contribution in [2.75, 3.05) is 20.2 Å². The lowest BCUT2D eigenvalue weighted by Crippen LogP contribution is -2.30. The molecule has 0 heterocycles. The lowest BCUT2D eigenvalue weighted by atomic mass is 10.2. The maximum Gasteiger partial charge on any atom is 0.225 e. The summed E-state index contributed by atoms with van der Waals surface area (Å²) in [5.41, 5.74) is 6.45. The summed E-state index contributed by atoms with van der Waals surface area (Å²) in [6.07, 6.45) is 0.883. The minimum Gasteiger partial charge on any atom is -0.493 e. The molecule has 4 nitrogen and oxygen atoms in total. The van der Waals surface area contributed by atoms with Crippen LogP contribution in [0.4, 0.5) is 0 Å². The summed E-state index contributed by atoms with van der Waals surface area (Å²) in [4.78, 5) is 13.9. The Bertz CT molecular complexity index is 494. The van der Waals surface area contributed by atoms with Gasteiger partial charge in [0, 0.05) is 24.5 Å². The van der Waals surface area contributed by atoms with Crippen molar-refractivity contribution in [3.05, 3.63) is 28.2 Å². The summed E-state index contributed by atoms with van der Waals surface area (Å²) in [6, 6.07) is 5.78. The zero-order chi connectivity index (χ0) is 15.1. The van der Waals surface area contributed by atoms with E-state index in [9.17, 15) is 4.79 Å². The fourth-order valence-electron chi connectivity index (χ4n) is 1.62. The first-order valence-electron chi connectivity index (χ1n) is 6.31. The molecule has 0 aromatic heterocycles. The summed E-state index contributed by atoms with van der Waals surface area (Å²) in [7, 11) is 1.74. The van der Waals surface area contributed by atoms with E-state index >= 15 is 0 Å². The smallest absolute Gasteiger partial charge is 0.225 e. The Morgan fingerprint density at radius 1 is 1.45 bits per heavy atom. The standard InChI is InChI=1S/C14H19BrN2O2S/c1-10-9-11(15)3-4-12(10)19-8-6-14(18)17(2)7-5-13(16)20/h3-4,9H,5-8H2,1-2H3,(H2,16,20).